The molecule has 2 aromatic carbocycles. The fourth-order valence-electron chi connectivity index (χ4n) is 1.97. The molecule has 0 bridgehead atoms. The Morgan fingerprint density at radius 2 is 1.36 bits per heavy atom. The van der Waals surface area contributed by atoms with Crippen LogP contribution in [0.5, 0.6) is 23.0 Å². The summed E-state index contributed by atoms with van der Waals surface area (Å²) < 4.78 is 0. The lowest BCUT2D eigenvalue weighted by Crippen LogP contribution is -1.90. The maximum Gasteiger partial charge on any atom is 0.154 e. The molecule has 2 rings (SSSR count). The van der Waals surface area contributed by atoms with Crippen LogP contribution in [0.4, 0.5) is 0 Å². The molecule has 0 heterocycles. The summed E-state index contributed by atoms with van der Waals surface area (Å²) in [6.07, 6.45) is 2.02. The van der Waals surface area contributed by atoms with Crippen molar-refractivity contribution in [2.24, 2.45) is 0 Å². The van der Waals surface area contributed by atoms with Crippen molar-refractivity contribution in [1.82, 2.24) is 0 Å². The average Bonchev–Trinajstić information content (AvgIpc) is 2.46. The van der Waals surface area contributed by atoms with Crippen molar-refractivity contribution in [2.75, 3.05) is 0 Å². The van der Waals surface area contributed by atoms with Crippen LogP contribution in [0.1, 0.15) is 35.3 Å². The largest absolute Gasteiger partial charge is 0.508 e. The van der Waals surface area contributed by atoms with Crippen LogP contribution < -0.4 is 0 Å². The van der Waals surface area contributed by atoms with Gasteiger partial charge < -0.3 is 20.4 Å². The lowest BCUT2D eigenvalue weighted by atomic mass is 10.0. The van der Waals surface area contributed by atoms with Crippen LogP contribution >= 0.6 is 0 Å². The van der Waals surface area contributed by atoms with E-state index in [0.717, 1.165) is 18.1 Å². The van der Waals surface area contributed by atoms with Gasteiger partial charge in [-0.2, -0.15) is 0 Å². The van der Waals surface area contributed by atoms with E-state index in [2.05, 4.69) is 0 Å². The summed E-state index contributed by atoms with van der Waals surface area (Å²) in [5.74, 6) is 0.0606. The first-order valence-corrected chi connectivity index (χ1v) is 6.93. The second-order valence-electron chi connectivity index (χ2n) is 4.72. The summed E-state index contributed by atoms with van der Waals surface area (Å²) in [6.45, 7) is 3.81. The van der Waals surface area contributed by atoms with E-state index in [4.69, 9.17) is 15.3 Å². The highest BCUT2D eigenvalue weighted by molar-refractivity contribution is 5.82. The summed E-state index contributed by atoms with van der Waals surface area (Å²) in [7, 11) is 0. The van der Waals surface area contributed by atoms with Crippen molar-refractivity contribution in [3.63, 3.8) is 0 Å². The molecule has 2 aromatic rings. The molecule has 0 saturated carbocycles. The van der Waals surface area contributed by atoms with Gasteiger partial charge in [0.15, 0.2) is 6.29 Å². The van der Waals surface area contributed by atoms with Gasteiger partial charge in [0, 0.05) is 12.1 Å². The lowest BCUT2D eigenvalue weighted by molar-refractivity contribution is 0.112. The highest BCUT2D eigenvalue weighted by Gasteiger charge is 2.07. The SMILES string of the molecule is CCc1cc(O)cc(O)c1.CCc1cc(O)cc(O)c1C=O. The highest BCUT2D eigenvalue weighted by atomic mass is 16.3. The molecule has 0 atom stereocenters. The zero-order valence-corrected chi connectivity index (χ0v) is 12.6. The highest BCUT2D eigenvalue weighted by Crippen LogP contribution is 2.25. The standard InChI is InChI=1S/C9H10O3.C8H10O2/c1-2-6-3-7(11)4-9(12)8(6)5-10;1-2-6-3-7(9)5-8(10)4-6/h3-5,11-12H,2H2,1H3;3-5,9-10H,2H2,1H3. The van der Waals surface area contributed by atoms with E-state index in [1.807, 2.05) is 13.8 Å². The Hall–Kier alpha value is -2.69. The van der Waals surface area contributed by atoms with Crippen LogP contribution in [0.3, 0.4) is 0 Å². The van der Waals surface area contributed by atoms with Crippen molar-refractivity contribution in [3.8, 4) is 23.0 Å². The van der Waals surface area contributed by atoms with Crippen LogP contribution in [-0.4, -0.2) is 26.7 Å². The lowest BCUT2D eigenvalue weighted by Gasteiger charge is -2.04. The van der Waals surface area contributed by atoms with E-state index in [1.165, 1.54) is 12.1 Å². The molecule has 0 spiro atoms. The Bertz CT molecular complexity index is 629. The van der Waals surface area contributed by atoms with E-state index in [9.17, 15) is 9.90 Å². The number of phenols is 4. The van der Waals surface area contributed by atoms with Crippen LogP contribution in [0, 0.1) is 0 Å². The predicted octanol–water partition coefficient (Wildman–Crippen LogP) is 3.13. The molecule has 22 heavy (non-hydrogen) atoms. The number of hydrogen-bond donors (Lipinski definition) is 4. The van der Waals surface area contributed by atoms with Gasteiger partial charge in [-0.3, -0.25) is 4.79 Å². The first-order valence-electron chi connectivity index (χ1n) is 6.93. The molecule has 5 heteroatoms. The van der Waals surface area contributed by atoms with Gasteiger partial charge in [-0.15, -0.1) is 0 Å². The second-order valence-corrected chi connectivity index (χ2v) is 4.72. The van der Waals surface area contributed by atoms with Gasteiger partial charge in [-0.05, 0) is 42.2 Å². The van der Waals surface area contributed by atoms with Gasteiger partial charge in [-0.25, -0.2) is 0 Å². The fourth-order valence-corrected chi connectivity index (χ4v) is 1.97. The molecule has 0 aliphatic rings. The normalized spacial score (nSPS) is 9.73. The number of carbonyl (C=O) groups excluding carboxylic acids is 1. The number of carbonyl (C=O) groups is 1. The molecule has 0 aromatic heterocycles. The van der Waals surface area contributed by atoms with E-state index in [0.29, 0.717) is 18.3 Å². The van der Waals surface area contributed by atoms with Crippen molar-refractivity contribution in [3.05, 3.63) is 47.0 Å². The summed E-state index contributed by atoms with van der Waals surface area (Å²) >= 11 is 0. The fraction of sp³-hybridized carbons (Fsp3) is 0.235. The number of aromatic hydroxyl groups is 4. The molecule has 0 unspecified atom stereocenters. The molecule has 5 nitrogen and oxygen atoms in total. The Morgan fingerprint density at radius 1 is 0.818 bits per heavy atom. The van der Waals surface area contributed by atoms with Gasteiger partial charge in [0.25, 0.3) is 0 Å². The Labute approximate surface area is 129 Å². The maximum absolute atomic E-state index is 10.5. The van der Waals surface area contributed by atoms with Crippen molar-refractivity contribution in [2.45, 2.75) is 26.7 Å². The summed E-state index contributed by atoms with van der Waals surface area (Å²) in [5, 5.41) is 36.2. The Morgan fingerprint density at radius 3 is 1.82 bits per heavy atom. The average molecular weight is 304 g/mol. The molecule has 4 N–H and O–H groups in total. The Balaban J connectivity index is 0.000000224. The van der Waals surface area contributed by atoms with E-state index >= 15 is 0 Å². The molecule has 0 fully saturated rings. The van der Waals surface area contributed by atoms with Crippen LogP contribution in [0.15, 0.2) is 30.3 Å². The monoisotopic (exact) mass is 304 g/mol. The van der Waals surface area contributed by atoms with Crippen molar-refractivity contribution < 1.29 is 25.2 Å². The topological polar surface area (TPSA) is 98.0 Å². The summed E-state index contributed by atoms with van der Waals surface area (Å²) in [5.41, 5.74) is 1.86. The minimum absolute atomic E-state index is 0.0186. The number of phenolic OH excluding ortho intramolecular Hbond substituents is 4. The first-order chi connectivity index (χ1) is 10.4. The second kappa shape index (κ2) is 7.93. The van der Waals surface area contributed by atoms with Gasteiger partial charge in [-0.1, -0.05) is 13.8 Å². The van der Waals surface area contributed by atoms with E-state index in [1.54, 1.807) is 12.1 Å². The number of benzene rings is 2. The summed E-state index contributed by atoms with van der Waals surface area (Å²) in [6, 6.07) is 7.23. The van der Waals surface area contributed by atoms with Gasteiger partial charge in [0.05, 0.1) is 5.56 Å². The predicted molar refractivity (Wildman–Crippen MR) is 83.7 cm³/mol. The molecular formula is C17H20O5. The quantitative estimate of drug-likeness (QED) is 0.653. The third-order valence-electron chi connectivity index (χ3n) is 3.10. The summed E-state index contributed by atoms with van der Waals surface area (Å²) in [4.78, 5) is 10.5. The third-order valence-corrected chi connectivity index (χ3v) is 3.10. The minimum atomic E-state index is -0.165. The van der Waals surface area contributed by atoms with Crippen molar-refractivity contribution in [1.29, 1.82) is 0 Å². The van der Waals surface area contributed by atoms with Crippen LogP contribution in [0.2, 0.25) is 0 Å². The minimum Gasteiger partial charge on any atom is -0.508 e. The number of rotatable bonds is 3. The number of aldehydes is 1. The molecule has 118 valence electrons. The molecule has 0 amide bonds. The van der Waals surface area contributed by atoms with Gasteiger partial charge in [0.2, 0.25) is 0 Å². The molecule has 0 saturated heterocycles. The molecule has 0 aliphatic heterocycles. The first kappa shape index (κ1) is 17.4. The van der Waals surface area contributed by atoms with Gasteiger partial charge >= 0.3 is 0 Å². The third kappa shape index (κ3) is 4.70. The molecule has 0 aliphatic carbocycles. The zero-order chi connectivity index (χ0) is 16.7. The van der Waals surface area contributed by atoms with Crippen molar-refractivity contribution >= 4 is 6.29 Å². The Kier molecular flexibility index (Phi) is 6.25. The number of hydrogen-bond acceptors (Lipinski definition) is 5. The number of aryl methyl sites for hydroxylation is 2. The molecule has 0 radical (unpaired) electrons. The van der Waals surface area contributed by atoms with E-state index < -0.39 is 0 Å². The van der Waals surface area contributed by atoms with Crippen LogP contribution in [0.25, 0.3) is 0 Å². The van der Waals surface area contributed by atoms with Crippen LogP contribution in [-0.2, 0) is 12.8 Å². The molecular weight excluding hydrogens is 284 g/mol. The zero-order valence-electron chi connectivity index (χ0n) is 12.6. The van der Waals surface area contributed by atoms with E-state index in [-0.39, 0.29) is 28.6 Å². The maximum atomic E-state index is 10.5. The smallest absolute Gasteiger partial charge is 0.154 e. The van der Waals surface area contributed by atoms with Gasteiger partial charge in [0.1, 0.15) is 23.0 Å².